The van der Waals surface area contributed by atoms with Crippen LogP contribution in [0.5, 0.6) is 0 Å². The van der Waals surface area contributed by atoms with Crippen molar-refractivity contribution >= 4 is 11.6 Å². The quantitative estimate of drug-likeness (QED) is 0.793. The Hall–Kier alpha value is -0.510. The summed E-state index contributed by atoms with van der Waals surface area (Å²) in [6, 6.07) is 3.60. The second kappa shape index (κ2) is 6.06. The summed E-state index contributed by atoms with van der Waals surface area (Å²) in [6.45, 7) is 4.63. The monoisotopic (exact) mass is 217 g/mol. The van der Waals surface area contributed by atoms with Crippen molar-refractivity contribution in [3.8, 4) is 0 Å². The van der Waals surface area contributed by atoms with Gasteiger partial charge in [-0.15, -0.1) is 0 Å². The molecule has 1 rings (SSSR count). The molecule has 14 heavy (non-hydrogen) atoms. The third-order valence-corrected chi connectivity index (χ3v) is 2.17. The highest BCUT2D eigenvalue weighted by molar-refractivity contribution is 6.28. The van der Waals surface area contributed by atoms with E-state index >= 15 is 0 Å². The van der Waals surface area contributed by atoms with Crippen molar-refractivity contribution in [1.82, 2.24) is 4.90 Å². The third kappa shape index (κ3) is 3.70. The van der Waals surface area contributed by atoms with Crippen LogP contribution in [0.15, 0.2) is 16.5 Å². The standard InChI is InChI=1S/C10H16ClNO2/c1-2-5-12(6-7-13)8-9-3-4-10(11)14-9/h3-4,13H,2,5-8H2,1H3. The van der Waals surface area contributed by atoms with Gasteiger partial charge in [-0.3, -0.25) is 4.90 Å². The fourth-order valence-corrected chi connectivity index (χ4v) is 1.55. The third-order valence-electron chi connectivity index (χ3n) is 1.96. The fraction of sp³-hybridized carbons (Fsp3) is 0.600. The van der Waals surface area contributed by atoms with E-state index in [0.29, 0.717) is 18.3 Å². The highest BCUT2D eigenvalue weighted by atomic mass is 35.5. The van der Waals surface area contributed by atoms with Crippen molar-refractivity contribution in [1.29, 1.82) is 0 Å². The molecule has 0 unspecified atom stereocenters. The van der Waals surface area contributed by atoms with Crippen LogP contribution in [-0.2, 0) is 6.54 Å². The van der Waals surface area contributed by atoms with Crippen LogP contribution in [0, 0.1) is 0 Å². The Morgan fingerprint density at radius 3 is 2.71 bits per heavy atom. The fourth-order valence-electron chi connectivity index (χ4n) is 1.38. The smallest absolute Gasteiger partial charge is 0.193 e. The van der Waals surface area contributed by atoms with Crippen LogP contribution in [-0.4, -0.2) is 29.7 Å². The lowest BCUT2D eigenvalue weighted by Gasteiger charge is -2.18. The summed E-state index contributed by atoms with van der Waals surface area (Å²) in [6.07, 6.45) is 1.06. The molecule has 1 heterocycles. The molecule has 1 N–H and O–H groups in total. The molecular formula is C10H16ClNO2. The van der Waals surface area contributed by atoms with Crippen LogP contribution < -0.4 is 0 Å². The van der Waals surface area contributed by atoms with Crippen molar-refractivity contribution in [3.63, 3.8) is 0 Å². The van der Waals surface area contributed by atoms with Crippen molar-refractivity contribution in [2.24, 2.45) is 0 Å². The van der Waals surface area contributed by atoms with Crippen LogP contribution >= 0.6 is 11.6 Å². The first kappa shape index (κ1) is 11.6. The molecule has 0 aliphatic rings. The van der Waals surface area contributed by atoms with Gasteiger partial charge in [-0.1, -0.05) is 6.92 Å². The maximum atomic E-state index is 8.85. The van der Waals surface area contributed by atoms with Gasteiger partial charge in [-0.2, -0.15) is 0 Å². The van der Waals surface area contributed by atoms with E-state index in [2.05, 4.69) is 11.8 Å². The van der Waals surface area contributed by atoms with E-state index in [-0.39, 0.29) is 6.61 Å². The molecule has 3 nitrogen and oxygen atoms in total. The highest BCUT2D eigenvalue weighted by Crippen LogP contribution is 2.14. The van der Waals surface area contributed by atoms with Gasteiger partial charge >= 0.3 is 0 Å². The van der Waals surface area contributed by atoms with Gasteiger partial charge in [0, 0.05) is 6.54 Å². The van der Waals surface area contributed by atoms with E-state index in [1.807, 2.05) is 6.07 Å². The number of halogens is 1. The minimum absolute atomic E-state index is 0.175. The molecule has 0 atom stereocenters. The summed E-state index contributed by atoms with van der Waals surface area (Å²) in [5.41, 5.74) is 0. The summed E-state index contributed by atoms with van der Waals surface area (Å²) in [4.78, 5) is 2.13. The summed E-state index contributed by atoms with van der Waals surface area (Å²) in [5, 5.41) is 9.27. The average Bonchev–Trinajstić information content (AvgIpc) is 2.52. The van der Waals surface area contributed by atoms with Gasteiger partial charge in [-0.25, -0.2) is 0 Å². The number of aliphatic hydroxyl groups excluding tert-OH is 1. The topological polar surface area (TPSA) is 36.6 Å². The largest absolute Gasteiger partial charge is 0.448 e. The predicted octanol–water partition coefficient (Wildman–Crippen LogP) is 2.14. The predicted molar refractivity (Wildman–Crippen MR) is 56.4 cm³/mol. The van der Waals surface area contributed by atoms with Gasteiger partial charge in [0.15, 0.2) is 5.22 Å². The molecule has 0 amide bonds. The summed E-state index contributed by atoms with van der Waals surface area (Å²) in [5.74, 6) is 0.844. The number of rotatable bonds is 6. The Morgan fingerprint density at radius 1 is 1.43 bits per heavy atom. The zero-order valence-electron chi connectivity index (χ0n) is 8.37. The van der Waals surface area contributed by atoms with E-state index in [1.165, 1.54) is 0 Å². The van der Waals surface area contributed by atoms with Crippen molar-refractivity contribution < 1.29 is 9.52 Å². The highest BCUT2D eigenvalue weighted by Gasteiger charge is 2.07. The molecule has 0 spiro atoms. The lowest BCUT2D eigenvalue weighted by molar-refractivity contribution is 0.181. The van der Waals surface area contributed by atoms with Crippen molar-refractivity contribution in [2.45, 2.75) is 19.9 Å². The average molecular weight is 218 g/mol. The van der Waals surface area contributed by atoms with E-state index in [9.17, 15) is 0 Å². The van der Waals surface area contributed by atoms with E-state index in [0.717, 1.165) is 18.7 Å². The molecule has 0 fully saturated rings. The molecule has 0 aliphatic carbocycles. The molecule has 0 saturated carbocycles. The molecule has 0 bridgehead atoms. The van der Waals surface area contributed by atoms with E-state index < -0.39 is 0 Å². The second-order valence-electron chi connectivity index (χ2n) is 3.21. The molecule has 1 aromatic heterocycles. The first-order valence-corrected chi connectivity index (χ1v) is 5.21. The van der Waals surface area contributed by atoms with Crippen LogP contribution in [0.25, 0.3) is 0 Å². The molecule has 0 aliphatic heterocycles. The molecule has 1 aromatic rings. The second-order valence-corrected chi connectivity index (χ2v) is 3.58. The van der Waals surface area contributed by atoms with Crippen LogP contribution in [0.4, 0.5) is 0 Å². The van der Waals surface area contributed by atoms with Gasteiger partial charge in [-0.05, 0) is 36.7 Å². The Balaban J connectivity index is 2.46. The molecular weight excluding hydrogens is 202 g/mol. The maximum absolute atomic E-state index is 8.85. The van der Waals surface area contributed by atoms with Crippen LogP contribution in [0.3, 0.4) is 0 Å². The Morgan fingerprint density at radius 2 is 2.21 bits per heavy atom. The molecule has 0 aromatic carbocycles. The Kier molecular flexibility index (Phi) is 5.01. The van der Waals surface area contributed by atoms with Gasteiger partial charge in [0.25, 0.3) is 0 Å². The lowest BCUT2D eigenvalue weighted by Crippen LogP contribution is -2.27. The zero-order valence-corrected chi connectivity index (χ0v) is 9.13. The van der Waals surface area contributed by atoms with Gasteiger partial charge in [0.05, 0.1) is 13.2 Å². The number of furan rings is 1. The van der Waals surface area contributed by atoms with E-state index in [4.69, 9.17) is 21.1 Å². The summed E-state index contributed by atoms with van der Waals surface area (Å²) in [7, 11) is 0. The zero-order chi connectivity index (χ0) is 10.4. The van der Waals surface area contributed by atoms with E-state index in [1.54, 1.807) is 6.07 Å². The van der Waals surface area contributed by atoms with Crippen molar-refractivity contribution in [3.05, 3.63) is 23.1 Å². The van der Waals surface area contributed by atoms with Gasteiger partial charge < -0.3 is 9.52 Å². The summed E-state index contributed by atoms with van der Waals surface area (Å²) < 4.78 is 5.25. The number of hydrogen-bond acceptors (Lipinski definition) is 3. The minimum atomic E-state index is 0.175. The molecule has 4 heteroatoms. The molecule has 0 saturated heterocycles. The number of aliphatic hydroxyl groups is 1. The molecule has 80 valence electrons. The normalized spacial score (nSPS) is 11.1. The minimum Gasteiger partial charge on any atom is -0.448 e. The van der Waals surface area contributed by atoms with Crippen LogP contribution in [0.2, 0.25) is 5.22 Å². The van der Waals surface area contributed by atoms with Crippen molar-refractivity contribution in [2.75, 3.05) is 19.7 Å². The summed E-state index contributed by atoms with van der Waals surface area (Å²) >= 11 is 5.66. The SMILES string of the molecule is CCCN(CCO)Cc1ccc(Cl)o1. The number of hydrogen-bond donors (Lipinski definition) is 1. The Labute approximate surface area is 89.3 Å². The lowest BCUT2D eigenvalue weighted by atomic mass is 10.3. The van der Waals surface area contributed by atoms with Crippen LogP contribution in [0.1, 0.15) is 19.1 Å². The maximum Gasteiger partial charge on any atom is 0.193 e. The number of nitrogens with zero attached hydrogens (tertiary/aromatic N) is 1. The van der Waals surface area contributed by atoms with Gasteiger partial charge in [0.2, 0.25) is 0 Å². The first-order chi connectivity index (χ1) is 6.76. The molecule has 0 radical (unpaired) electrons. The Bertz CT molecular complexity index is 256. The van der Waals surface area contributed by atoms with Gasteiger partial charge in [0.1, 0.15) is 5.76 Å². The first-order valence-electron chi connectivity index (χ1n) is 4.83.